The fourth-order valence-corrected chi connectivity index (χ4v) is 4.18. The highest BCUT2D eigenvalue weighted by Gasteiger charge is 2.05. The lowest BCUT2D eigenvalue weighted by Gasteiger charge is -2.13. The van der Waals surface area contributed by atoms with E-state index in [1.807, 2.05) is 0 Å². The summed E-state index contributed by atoms with van der Waals surface area (Å²) in [4.78, 5) is 0. The van der Waals surface area contributed by atoms with E-state index >= 15 is 0 Å². The Balaban J connectivity index is 3.92. The fraction of sp³-hybridized carbons (Fsp3) is 0.828. The van der Waals surface area contributed by atoms with Crippen molar-refractivity contribution in [1.29, 1.82) is 0 Å². The highest BCUT2D eigenvalue weighted by Crippen LogP contribution is 2.21. The Bertz CT molecular complexity index is 327. The minimum atomic E-state index is 0.838. The van der Waals surface area contributed by atoms with Crippen molar-refractivity contribution in [3.05, 3.63) is 31.2 Å². The quantitative estimate of drug-likeness (QED) is 0.111. The molecule has 1 unspecified atom stereocenters. The zero-order valence-electron chi connectivity index (χ0n) is 20.4. The van der Waals surface area contributed by atoms with Crippen LogP contribution in [0.1, 0.15) is 149 Å². The van der Waals surface area contributed by atoms with E-state index in [4.69, 9.17) is 0 Å². The molecule has 0 heteroatoms. The smallest absolute Gasteiger partial charge is 0.0234 e. The van der Waals surface area contributed by atoms with Crippen molar-refractivity contribution in [2.75, 3.05) is 0 Å². The zero-order valence-corrected chi connectivity index (χ0v) is 20.4. The summed E-state index contributed by atoms with van der Waals surface area (Å²) in [6.07, 6.45) is 38.7. The Labute approximate surface area is 186 Å². The first-order valence-corrected chi connectivity index (χ1v) is 13.4. The van der Waals surface area contributed by atoms with Gasteiger partial charge in [0.2, 0.25) is 0 Å². The van der Waals surface area contributed by atoms with E-state index in [0.717, 1.165) is 5.92 Å². The van der Waals surface area contributed by atoms with Gasteiger partial charge in [0, 0.05) is 0 Å². The number of hydrogen-bond donors (Lipinski definition) is 0. The van der Waals surface area contributed by atoms with E-state index < -0.39 is 0 Å². The standard InChI is InChI=1S/C29H55/c1-4-7-10-13-16-17-19-22-25-28-29(26-23-20-15-12-9-6-3)27-24-21-18-14-11-8-5-2/h4,6,25,28-29H,3,5,7-24,26-27H2,1-2H3. The molecule has 0 nitrogen and oxygen atoms in total. The van der Waals surface area contributed by atoms with E-state index in [1.165, 1.54) is 135 Å². The maximum absolute atomic E-state index is 3.83. The average Bonchev–Trinajstić information content (AvgIpc) is 2.73. The van der Waals surface area contributed by atoms with Crippen LogP contribution in [-0.2, 0) is 0 Å². The van der Waals surface area contributed by atoms with Crippen LogP contribution in [0.3, 0.4) is 0 Å². The van der Waals surface area contributed by atoms with Gasteiger partial charge in [-0.2, -0.15) is 0 Å². The minimum absolute atomic E-state index is 0.838. The van der Waals surface area contributed by atoms with Gasteiger partial charge in [-0.25, -0.2) is 0 Å². The summed E-state index contributed by atoms with van der Waals surface area (Å²) < 4.78 is 0. The first-order valence-electron chi connectivity index (χ1n) is 13.4. The third kappa shape index (κ3) is 23.6. The summed E-state index contributed by atoms with van der Waals surface area (Å²) in [7, 11) is 0. The van der Waals surface area contributed by atoms with Crippen molar-refractivity contribution in [3.8, 4) is 0 Å². The monoisotopic (exact) mass is 403 g/mol. The maximum Gasteiger partial charge on any atom is -0.0234 e. The number of rotatable bonds is 24. The van der Waals surface area contributed by atoms with Crippen LogP contribution in [0.25, 0.3) is 0 Å². The molecule has 0 bridgehead atoms. The molecule has 0 N–H and O–H groups in total. The molecule has 1 atom stereocenters. The van der Waals surface area contributed by atoms with Crippen LogP contribution in [0.15, 0.2) is 24.8 Å². The molecule has 0 heterocycles. The van der Waals surface area contributed by atoms with Gasteiger partial charge in [-0.05, 0) is 50.9 Å². The summed E-state index contributed by atoms with van der Waals surface area (Å²) in [6, 6.07) is 0. The molecule has 171 valence electrons. The molecule has 0 aromatic heterocycles. The first kappa shape index (κ1) is 28.5. The lowest BCUT2D eigenvalue weighted by atomic mass is 9.93. The SMILES string of the molecule is C=CCCCCCCC(C=CCCCCCCC[CH]C)CCCCCCCCC. The predicted octanol–water partition coefficient (Wildman–Crippen LogP) is 10.8. The molecule has 0 aromatic rings. The van der Waals surface area contributed by atoms with Crippen molar-refractivity contribution in [2.45, 2.75) is 149 Å². The van der Waals surface area contributed by atoms with Crippen LogP contribution in [0.4, 0.5) is 0 Å². The van der Waals surface area contributed by atoms with Crippen LogP contribution < -0.4 is 0 Å². The third-order valence-corrected chi connectivity index (χ3v) is 6.18. The van der Waals surface area contributed by atoms with Crippen molar-refractivity contribution < 1.29 is 0 Å². The Kier molecular flexibility index (Phi) is 25.1. The van der Waals surface area contributed by atoms with E-state index in [2.05, 4.69) is 45.1 Å². The Hall–Kier alpha value is -0.520. The van der Waals surface area contributed by atoms with Crippen molar-refractivity contribution >= 4 is 0 Å². The molecule has 0 aliphatic heterocycles. The summed E-state index contributed by atoms with van der Waals surface area (Å²) >= 11 is 0. The molecular weight excluding hydrogens is 348 g/mol. The van der Waals surface area contributed by atoms with Crippen LogP contribution in [0.2, 0.25) is 0 Å². The van der Waals surface area contributed by atoms with E-state index in [1.54, 1.807) is 0 Å². The Morgan fingerprint density at radius 3 is 1.62 bits per heavy atom. The topological polar surface area (TPSA) is 0 Å². The molecule has 0 saturated carbocycles. The molecule has 1 radical (unpaired) electrons. The second kappa shape index (κ2) is 25.5. The molecule has 0 aromatic carbocycles. The van der Waals surface area contributed by atoms with E-state index in [0.29, 0.717) is 0 Å². The molecule has 0 aliphatic carbocycles. The molecule has 0 aliphatic rings. The number of unbranched alkanes of at least 4 members (excludes halogenated alkanes) is 17. The largest absolute Gasteiger partial charge is 0.103 e. The van der Waals surface area contributed by atoms with Crippen molar-refractivity contribution in [3.63, 3.8) is 0 Å². The first-order chi connectivity index (χ1) is 14.3. The van der Waals surface area contributed by atoms with Gasteiger partial charge in [0.25, 0.3) is 0 Å². The molecule has 0 amide bonds. The van der Waals surface area contributed by atoms with Crippen LogP contribution in [0.5, 0.6) is 0 Å². The second-order valence-electron chi connectivity index (χ2n) is 9.13. The lowest BCUT2D eigenvalue weighted by molar-refractivity contribution is 0.466. The zero-order chi connectivity index (χ0) is 21.3. The van der Waals surface area contributed by atoms with Gasteiger partial charge >= 0.3 is 0 Å². The van der Waals surface area contributed by atoms with Gasteiger partial charge in [-0.1, -0.05) is 128 Å². The van der Waals surface area contributed by atoms with Gasteiger partial charge in [-0.15, -0.1) is 6.58 Å². The van der Waals surface area contributed by atoms with Gasteiger partial charge in [0.1, 0.15) is 0 Å². The van der Waals surface area contributed by atoms with Crippen molar-refractivity contribution in [2.24, 2.45) is 5.92 Å². The van der Waals surface area contributed by atoms with Gasteiger partial charge < -0.3 is 0 Å². The van der Waals surface area contributed by atoms with Crippen LogP contribution in [-0.4, -0.2) is 0 Å². The molecule has 0 fully saturated rings. The molecular formula is C29H55. The highest BCUT2D eigenvalue weighted by molar-refractivity contribution is 4.88. The molecule has 29 heavy (non-hydrogen) atoms. The summed E-state index contributed by atoms with van der Waals surface area (Å²) in [6.45, 7) is 8.32. The molecule has 0 rings (SSSR count). The van der Waals surface area contributed by atoms with Gasteiger partial charge in [-0.3, -0.25) is 0 Å². The highest BCUT2D eigenvalue weighted by atomic mass is 14.1. The van der Waals surface area contributed by atoms with Crippen LogP contribution >= 0.6 is 0 Å². The second-order valence-corrected chi connectivity index (χ2v) is 9.13. The summed E-state index contributed by atoms with van der Waals surface area (Å²) in [5, 5.41) is 0. The van der Waals surface area contributed by atoms with Gasteiger partial charge in [0.05, 0.1) is 0 Å². The average molecular weight is 404 g/mol. The van der Waals surface area contributed by atoms with Gasteiger partial charge in [0.15, 0.2) is 0 Å². The fourth-order valence-electron chi connectivity index (χ4n) is 4.18. The predicted molar refractivity (Wildman–Crippen MR) is 135 cm³/mol. The van der Waals surface area contributed by atoms with Crippen LogP contribution in [0, 0.1) is 12.3 Å². The third-order valence-electron chi connectivity index (χ3n) is 6.18. The summed E-state index contributed by atoms with van der Waals surface area (Å²) in [5.41, 5.74) is 0. The summed E-state index contributed by atoms with van der Waals surface area (Å²) in [5.74, 6) is 0.838. The normalized spacial score (nSPS) is 12.6. The maximum atomic E-state index is 3.83. The minimum Gasteiger partial charge on any atom is -0.103 e. The molecule has 0 saturated heterocycles. The van der Waals surface area contributed by atoms with Crippen molar-refractivity contribution in [1.82, 2.24) is 0 Å². The molecule has 0 spiro atoms. The Morgan fingerprint density at radius 1 is 0.586 bits per heavy atom. The van der Waals surface area contributed by atoms with E-state index in [-0.39, 0.29) is 0 Å². The number of allylic oxidation sites excluding steroid dienone is 3. The Morgan fingerprint density at radius 2 is 1.07 bits per heavy atom. The number of hydrogen-bond acceptors (Lipinski definition) is 0. The van der Waals surface area contributed by atoms with E-state index in [9.17, 15) is 0 Å². The lowest BCUT2D eigenvalue weighted by Crippen LogP contribution is -1.97.